The van der Waals surface area contributed by atoms with Crippen LogP contribution in [-0.2, 0) is 16.5 Å². The first kappa shape index (κ1) is 12.9. The Morgan fingerprint density at radius 2 is 2.17 bits per heavy atom. The Balaban J connectivity index is 2.49. The highest BCUT2D eigenvalue weighted by Crippen LogP contribution is 2.39. The molecule has 2 rings (SSSR count). The minimum atomic E-state index is -4.87. The molecule has 1 fully saturated rings. The molecule has 0 spiro atoms. The number of rotatable bonds is 2. The summed E-state index contributed by atoms with van der Waals surface area (Å²) in [6, 6.07) is 0. The smallest absolute Gasteiger partial charge is 0.437 e. The maximum absolute atomic E-state index is 12.6. The summed E-state index contributed by atoms with van der Waals surface area (Å²) < 4.78 is 47.8. The fraction of sp³-hybridized carbons (Fsp3) is 0.600. The van der Waals surface area contributed by atoms with Crippen molar-refractivity contribution in [2.24, 2.45) is 0 Å². The molecule has 0 saturated carbocycles. The van der Waals surface area contributed by atoms with Crippen LogP contribution in [0.15, 0.2) is 4.42 Å². The number of ether oxygens (including phenoxy) is 1. The Morgan fingerprint density at radius 3 is 2.56 bits per heavy atom. The molecule has 1 aromatic rings. The molecule has 1 aliphatic rings. The molecule has 8 heteroatoms. The Bertz CT molecular complexity index is 474. The first-order valence-corrected chi connectivity index (χ1v) is 5.20. The molecule has 1 aromatic heterocycles. The van der Waals surface area contributed by atoms with E-state index in [0.717, 1.165) is 0 Å². The van der Waals surface area contributed by atoms with Gasteiger partial charge in [0, 0.05) is 6.61 Å². The van der Waals surface area contributed by atoms with Crippen molar-refractivity contribution in [3.8, 4) is 0 Å². The normalized spacial score (nSPS) is 24.4. The number of halogens is 3. The lowest BCUT2D eigenvalue weighted by atomic mass is 10.0. The third kappa shape index (κ3) is 2.07. The van der Waals surface area contributed by atoms with Gasteiger partial charge in [-0.2, -0.15) is 13.2 Å². The molecule has 0 aromatic carbocycles. The summed E-state index contributed by atoms with van der Waals surface area (Å²) in [5.41, 5.74) is -2.62. The van der Waals surface area contributed by atoms with Gasteiger partial charge in [0.2, 0.25) is 11.7 Å². The van der Waals surface area contributed by atoms with Crippen LogP contribution in [0.25, 0.3) is 0 Å². The molecule has 1 saturated heterocycles. The lowest BCUT2D eigenvalue weighted by Gasteiger charge is -2.18. The van der Waals surface area contributed by atoms with E-state index >= 15 is 0 Å². The van der Waals surface area contributed by atoms with Crippen molar-refractivity contribution in [2.75, 3.05) is 6.61 Å². The molecule has 18 heavy (non-hydrogen) atoms. The van der Waals surface area contributed by atoms with E-state index in [2.05, 4.69) is 4.98 Å². The van der Waals surface area contributed by atoms with Crippen molar-refractivity contribution in [2.45, 2.75) is 31.5 Å². The van der Waals surface area contributed by atoms with Crippen LogP contribution in [0.1, 0.15) is 41.9 Å². The zero-order chi connectivity index (χ0) is 13.6. The fourth-order valence-corrected chi connectivity index (χ4v) is 1.83. The highest BCUT2D eigenvalue weighted by molar-refractivity contribution is 5.85. The van der Waals surface area contributed by atoms with Gasteiger partial charge in [0.1, 0.15) is 5.60 Å². The second-order valence-electron chi connectivity index (χ2n) is 4.18. The van der Waals surface area contributed by atoms with E-state index in [1.165, 1.54) is 6.92 Å². The number of carboxylic acids is 1. The van der Waals surface area contributed by atoms with Crippen LogP contribution in [-0.4, -0.2) is 22.7 Å². The van der Waals surface area contributed by atoms with Crippen LogP contribution in [0.3, 0.4) is 0 Å². The Hall–Kier alpha value is -1.57. The molecular weight excluding hydrogens is 255 g/mol. The second kappa shape index (κ2) is 3.98. The SMILES string of the molecule is CC1(c2nc(C(F)(F)F)c(C(=O)O)o2)CCCO1. The second-order valence-corrected chi connectivity index (χ2v) is 4.18. The fourth-order valence-electron chi connectivity index (χ4n) is 1.83. The summed E-state index contributed by atoms with van der Waals surface area (Å²) in [4.78, 5) is 14.0. The van der Waals surface area contributed by atoms with Crippen molar-refractivity contribution >= 4 is 5.97 Å². The number of hydrogen-bond acceptors (Lipinski definition) is 4. The molecule has 1 unspecified atom stereocenters. The number of oxazole rings is 1. The van der Waals surface area contributed by atoms with E-state index in [-0.39, 0.29) is 5.89 Å². The summed E-state index contributed by atoms with van der Waals surface area (Å²) in [7, 11) is 0. The zero-order valence-electron chi connectivity index (χ0n) is 9.37. The first-order valence-electron chi connectivity index (χ1n) is 5.20. The maximum Gasteiger partial charge on any atom is 0.437 e. The van der Waals surface area contributed by atoms with Gasteiger partial charge in [0.25, 0.3) is 0 Å². The molecule has 1 N–H and O–H groups in total. The monoisotopic (exact) mass is 265 g/mol. The average molecular weight is 265 g/mol. The molecule has 0 radical (unpaired) electrons. The Labute approximate surface area is 99.6 Å². The molecule has 1 aliphatic heterocycles. The molecule has 2 heterocycles. The summed E-state index contributed by atoms with van der Waals surface area (Å²) in [5.74, 6) is -3.35. The lowest BCUT2D eigenvalue weighted by molar-refractivity contribution is -0.141. The molecular formula is C10H10F3NO4. The highest BCUT2D eigenvalue weighted by Gasteiger charge is 2.45. The zero-order valence-corrected chi connectivity index (χ0v) is 9.37. The van der Waals surface area contributed by atoms with Crippen LogP contribution >= 0.6 is 0 Å². The van der Waals surface area contributed by atoms with Gasteiger partial charge in [-0.15, -0.1) is 0 Å². The van der Waals surface area contributed by atoms with E-state index in [1.54, 1.807) is 0 Å². The van der Waals surface area contributed by atoms with Gasteiger partial charge in [-0.1, -0.05) is 0 Å². The first-order chi connectivity index (χ1) is 8.24. The van der Waals surface area contributed by atoms with Crippen LogP contribution in [0.4, 0.5) is 13.2 Å². The summed E-state index contributed by atoms with van der Waals surface area (Å²) in [6.45, 7) is 1.90. The summed E-state index contributed by atoms with van der Waals surface area (Å²) in [6.07, 6.45) is -3.78. The van der Waals surface area contributed by atoms with Crippen molar-refractivity contribution < 1.29 is 32.2 Å². The molecule has 0 aliphatic carbocycles. The van der Waals surface area contributed by atoms with Gasteiger partial charge in [-0.05, 0) is 19.8 Å². The van der Waals surface area contributed by atoms with E-state index < -0.39 is 29.2 Å². The van der Waals surface area contributed by atoms with Gasteiger partial charge in [-0.25, -0.2) is 9.78 Å². The standard InChI is InChI=1S/C10H10F3NO4/c1-9(3-2-4-17-9)8-14-6(10(11,12)13)5(18-8)7(15)16/h2-4H2,1H3,(H,15,16). The number of aromatic nitrogens is 1. The minimum Gasteiger partial charge on any atom is -0.475 e. The van der Waals surface area contributed by atoms with E-state index in [0.29, 0.717) is 19.4 Å². The number of carbonyl (C=O) groups is 1. The van der Waals surface area contributed by atoms with Crippen molar-refractivity contribution in [1.82, 2.24) is 4.98 Å². The molecule has 0 amide bonds. The Morgan fingerprint density at radius 1 is 1.50 bits per heavy atom. The van der Waals surface area contributed by atoms with Crippen LogP contribution < -0.4 is 0 Å². The third-order valence-corrected chi connectivity index (χ3v) is 2.76. The van der Waals surface area contributed by atoms with E-state index in [9.17, 15) is 18.0 Å². The minimum absolute atomic E-state index is 0.343. The van der Waals surface area contributed by atoms with Crippen LogP contribution in [0, 0.1) is 0 Å². The molecule has 0 bridgehead atoms. The van der Waals surface area contributed by atoms with Gasteiger partial charge in [0.15, 0.2) is 5.69 Å². The number of aromatic carboxylic acids is 1. The van der Waals surface area contributed by atoms with Gasteiger partial charge >= 0.3 is 12.1 Å². The number of nitrogens with zero attached hydrogens (tertiary/aromatic N) is 1. The van der Waals surface area contributed by atoms with Crippen LogP contribution in [0.5, 0.6) is 0 Å². The van der Waals surface area contributed by atoms with E-state index in [4.69, 9.17) is 14.3 Å². The van der Waals surface area contributed by atoms with Gasteiger partial charge in [0.05, 0.1) is 0 Å². The molecule has 100 valence electrons. The maximum atomic E-state index is 12.6. The largest absolute Gasteiger partial charge is 0.475 e. The molecule has 1 atom stereocenters. The highest BCUT2D eigenvalue weighted by atomic mass is 19.4. The average Bonchev–Trinajstić information content (AvgIpc) is 2.82. The van der Waals surface area contributed by atoms with Crippen molar-refractivity contribution in [3.05, 3.63) is 17.3 Å². The summed E-state index contributed by atoms with van der Waals surface area (Å²) >= 11 is 0. The Kier molecular flexibility index (Phi) is 2.84. The predicted molar refractivity (Wildman–Crippen MR) is 51.0 cm³/mol. The van der Waals surface area contributed by atoms with Gasteiger partial charge in [-0.3, -0.25) is 0 Å². The topological polar surface area (TPSA) is 72.6 Å². The van der Waals surface area contributed by atoms with Gasteiger partial charge < -0.3 is 14.3 Å². The van der Waals surface area contributed by atoms with Crippen molar-refractivity contribution in [1.29, 1.82) is 0 Å². The number of alkyl halides is 3. The third-order valence-electron chi connectivity index (χ3n) is 2.76. The predicted octanol–water partition coefficient (Wildman–Crippen LogP) is 2.42. The number of carboxylic acid groups (broad SMARTS) is 1. The van der Waals surface area contributed by atoms with Crippen molar-refractivity contribution in [3.63, 3.8) is 0 Å². The van der Waals surface area contributed by atoms with Crippen LogP contribution in [0.2, 0.25) is 0 Å². The van der Waals surface area contributed by atoms with E-state index in [1.807, 2.05) is 0 Å². The number of hydrogen-bond donors (Lipinski definition) is 1. The molecule has 5 nitrogen and oxygen atoms in total. The quantitative estimate of drug-likeness (QED) is 0.888. The summed E-state index contributed by atoms with van der Waals surface area (Å²) in [5, 5.41) is 8.69. The lowest BCUT2D eigenvalue weighted by Crippen LogP contribution is -2.20.